The minimum absolute atomic E-state index is 0.0275. The second kappa shape index (κ2) is 7.39. The molecule has 1 aliphatic carbocycles. The zero-order valence-corrected chi connectivity index (χ0v) is 16.2. The predicted octanol–water partition coefficient (Wildman–Crippen LogP) is 3.27. The van der Waals surface area contributed by atoms with Crippen LogP contribution in [0.3, 0.4) is 0 Å². The zero-order chi connectivity index (χ0) is 18.9. The molecule has 2 fully saturated rings. The van der Waals surface area contributed by atoms with Gasteiger partial charge in [-0.1, -0.05) is 31.5 Å². The first-order valence-corrected chi connectivity index (χ1v) is 9.68. The van der Waals surface area contributed by atoms with Crippen LogP contribution < -0.4 is 5.32 Å². The third-order valence-corrected chi connectivity index (χ3v) is 5.52. The van der Waals surface area contributed by atoms with E-state index in [0.29, 0.717) is 11.5 Å². The quantitative estimate of drug-likeness (QED) is 0.902. The predicted molar refractivity (Wildman–Crippen MR) is 101 cm³/mol. The fourth-order valence-corrected chi connectivity index (χ4v) is 4.33. The van der Waals surface area contributed by atoms with Gasteiger partial charge < -0.3 is 10.1 Å². The Morgan fingerprint density at radius 1 is 1.31 bits per heavy atom. The van der Waals surface area contributed by atoms with Gasteiger partial charge in [0.1, 0.15) is 11.8 Å². The van der Waals surface area contributed by atoms with Crippen molar-refractivity contribution in [1.29, 1.82) is 0 Å². The number of rotatable bonds is 3. The first kappa shape index (κ1) is 18.9. The summed E-state index contributed by atoms with van der Waals surface area (Å²) in [6, 6.07) is 7.02. The van der Waals surface area contributed by atoms with Crippen molar-refractivity contribution >= 4 is 11.8 Å². The average Bonchev–Trinajstić information content (AvgIpc) is 2.92. The van der Waals surface area contributed by atoms with Crippen molar-refractivity contribution in [2.24, 2.45) is 5.92 Å². The standard InChI is InChI=1S/C21H30N2O3/c1-14(2)22-19(24)18-13-26-21(11-7-8-15(3)12-21)23(18)20(25)17-10-6-5-9-16(17)4/h5-6,9-10,14-15,18H,7-8,11-13H2,1-4H3,(H,22,24)/t15-,18-,21-/m0/s1. The molecule has 0 unspecified atom stereocenters. The summed E-state index contributed by atoms with van der Waals surface area (Å²) in [5.74, 6) is 0.249. The third-order valence-electron chi connectivity index (χ3n) is 5.52. The van der Waals surface area contributed by atoms with Gasteiger partial charge in [-0.2, -0.15) is 0 Å². The second-order valence-electron chi connectivity index (χ2n) is 8.13. The monoisotopic (exact) mass is 358 g/mol. The van der Waals surface area contributed by atoms with Crippen LogP contribution in [0.15, 0.2) is 24.3 Å². The molecule has 1 aromatic rings. The highest BCUT2D eigenvalue weighted by atomic mass is 16.5. The van der Waals surface area contributed by atoms with Crippen molar-refractivity contribution < 1.29 is 14.3 Å². The molecule has 2 aliphatic rings. The van der Waals surface area contributed by atoms with Crippen LogP contribution in [-0.2, 0) is 9.53 Å². The lowest BCUT2D eigenvalue weighted by Gasteiger charge is -2.43. The van der Waals surface area contributed by atoms with Gasteiger partial charge in [0.05, 0.1) is 6.61 Å². The molecule has 1 saturated heterocycles. The van der Waals surface area contributed by atoms with E-state index in [1.54, 1.807) is 4.90 Å². The molecule has 5 nitrogen and oxygen atoms in total. The maximum Gasteiger partial charge on any atom is 0.257 e. The Balaban J connectivity index is 1.98. The number of aryl methyl sites for hydroxylation is 1. The lowest BCUT2D eigenvalue weighted by molar-refractivity contribution is -0.128. The van der Waals surface area contributed by atoms with Gasteiger partial charge in [-0.3, -0.25) is 14.5 Å². The number of amides is 2. The average molecular weight is 358 g/mol. The molecule has 1 heterocycles. The SMILES string of the molecule is Cc1ccccc1C(=O)N1[C@H](C(=O)NC(C)C)CO[C@]12CCC[C@H](C)C2. The van der Waals surface area contributed by atoms with E-state index in [1.807, 2.05) is 45.0 Å². The maximum absolute atomic E-state index is 13.5. The highest BCUT2D eigenvalue weighted by molar-refractivity contribution is 5.99. The topological polar surface area (TPSA) is 58.6 Å². The number of nitrogens with one attached hydrogen (secondary N) is 1. The van der Waals surface area contributed by atoms with Crippen LogP contribution in [0.4, 0.5) is 0 Å². The van der Waals surface area contributed by atoms with Crippen LogP contribution in [0.1, 0.15) is 62.4 Å². The maximum atomic E-state index is 13.5. The number of benzene rings is 1. The van der Waals surface area contributed by atoms with E-state index in [2.05, 4.69) is 12.2 Å². The zero-order valence-electron chi connectivity index (χ0n) is 16.2. The molecule has 0 bridgehead atoms. The molecule has 1 spiro atoms. The molecule has 26 heavy (non-hydrogen) atoms. The van der Waals surface area contributed by atoms with Gasteiger partial charge in [0.25, 0.3) is 5.91 Å². The van der Waals surface area contributed by atoms with Gasteiger partial charge in [-0.25, -0.2) is 0 Å². The van der Waals surface area contributed by atoms with Crippen LogP contribution in [-0.4, -0.2) is 41.1 Å². The van der Waals surface area contributed by atoms with E-state index in [0.717, 1.165) is 31.2 Å². The van der Waals surface area contributed by atoms with Crippen LogP contribution in [0.5, 0.6) is 0 Å². The molecule has 1 aliphatic heterocycles. The Hall–Kier alpha value is -1.88. The second-order valence-corrected chi connectivity index (χ2v) is 8.13. The van der Waals surface area contributed by atoms with Crippen molar-refractivity contribution in [3.63, 3.8) is 0 Å². The van der Waals surface area contributed by atoms with Gasteiger partial charge in [0.15, 0.2) is 0 Å². The van der Waals surface area contributed by atoms with E-state index in [1.165, 1.54) is 0 Å². The van der Waals surface area contributed by atoms with E-state index >= 15 is 0 Å². The number of ether oxygens (including phenoxy) is 1. The van der Waals surface area contributed by atoms with Crippen LogP contribution in [0.2, 0.25) is 0 Å². The molecule has 0 aromatic heterocycles. The van der Waals surface area contributed by atoms with Gasteiger partial charge in [-0.15, -0.1) is 0 Å². The molecule has 1 N–H and O–H groups in total. The number of nitrogens with zero attached hydrogens (tertiary/aromatic N) is 1. The molecule has 1 saturated carbocycles. The Bertz CT molecular complexity index is 688. The number of hydrogen-bond donors (Lipinski definition) is 1. The van der Waals surface area contributed by atoms with E-state index in [9.17, 15) is 9.59 Å². The van der Waals surface area contributed by atoms with E-state index in [-0.39, 0.29) is 24.5 Å². The Kier molecular flexibility index (Phi) is 5.37. The third kappa shape index (κ3) is 3.50. The molecule has 142 valence electrons. The van der Waals surface area contributed by atoms with Crippen molar-refractivity contribution in [3.8, 4) is 0 Å². The Morgan fingerprint density at radius 2 is 2.04 bits per heavy atom. The van der Waals surface area contributed by atoms with E-state index in [4.69, 9.17) is 4.74 Å². The summed E-state index contributed by atoms with van der Waals surface area (Å²) in [5, 5.41) is 2.96. The van der Waals surface area contributed by atoms with Crippen molar-refractivity contribution in [2.75, 3.05) is 6.61 Å². The molecular formula is C21H30N2O3. The number of carbonyl (C=O) groups is 2. The summed E-state index contributed by atoms with van der Waals surface area (Å²) in [6.07, 6.45) is 3.73. The van der Waals surface area contributed by atoms with Crippen LogP contribution in [0.25, 0.3) is 0 Å². The number of hydrogen-bond acceptors (Lipinski definition) is 3. The number of carbonyl (C=O) groups excluding carboxylic acids is 2. The van der Waals surface area contributed by atoms with Crippen LogP contribution >= 0.6 is 0 Å². The largest absolute Gasteiger partial charge is 0.353 e. The molecule has 3 rings (SSSR count). The van der Waals surface area contributed by atoms with E-state index < -0.39 is 11.8 Å². The molecule has 2 amide bonds. The minimum atomic E-state index is -0.657. The summed E-state index contributed by atoms with van der Waals surface area (Å²) in [4.78, 5) is 28.1. The summed E-state index contributed by atoms with van der Waals surface area (Å²) < 4.78 is 6.21. The van der Waals surface area contributed by atoms with Gasteiger partial charge in [0.2, 0.25) is 5.91 Å². The highest BCUT2D eigenvalue weighted by Gasteiger charge is 2.54. The van der Waals surface area contributed by atoms with Gasteiger partial charge in [0, 0.05) is 11.6 Å². The summed E-state index contributed by atoms with van der Waals surface area (Å²) in [5.41, 5.74) is 0.917. The van der Waals surface area contributed by atoms with Crippen molar-refractivity contribution in [3.05, 3.63) is 35.4 Å². The fourth-order valence-electron chi connectivity index (χ4n) is 4.33. The summed E-state index contributed by atoms with van der Waals surface area (Å²) in [7, 11) is 0. The fraction of sp³-hybridized carbons (Fsp3) is 0.619. The smallest absolute Gasteiger partial charge is 0.257 e. The Morgan fingerprint density at radius 3 is 2.69 bits per heavy atom. The minimum Gasteiger partial charge on any atom is -0.353 e. The molecule has 3 atom stereocenters. The van der Waals surface area contributed by atoms with Gasteiger partial charge >= 0.3 is 0 Å². The molecule has 0 radical (unpaired) electrons. The first-order valence-electron chi connectivity index (χ1n) is 9.68. The van der Waals surface area contributed by atoms with Crippen molar-refractivity contribution in [1.82, 2.24) is 10.2 Å². The molecule has 5 heteroatoms. The molecule has 1 aromatic carbocycles. The lowest BCUT2D eigenvalue weighted by atomic mass is 9.82. The highest BCUT2D eigenvalue weighted by Crippen LogP contribution is 2.43. The summed E-state index contributed by atoms with van der Waals surface area (Å²) >= 11 is 0. The van der Waals surface area contributed by atoms with Crippen LogP contribution in [0, 0.1) is 12.8 Å². The lowest BCUT2D eigenvalue weighted by Crippen LogP contribution is -2.57. The first-order chi connectivity index (χ1) is 12.3. The summed E-state index contributed by atoms with van der Waals surface area (Å²) in [6.45, 7) is 8.26. The molecular weight excluding hydrogens is 328 g/mol. The van der Waals surface area contributed by atoms with Gasteiger partial charge in [-0.05, 0) is 57.6 Å². The normalized spacial score (nSPS) is 28.6. The Labute approximate surface area is 156 Å². The van der Waals surface area contributed by atoms with Crippen molar-refractivity contribution in [2.45, 2.75) is 71.2 Å².